The molecular weight excluding hydrogens is 238 g/mol. The first-order valence-corrected chi connectivity index (χ1v) is 6.75. The fourth-order valence-electron chi connectivity index (χ4n) is 1.32. The van der Waals surface area contributed by atoms with Crippen molar-refractivity contribution in [3.63, 3.8) is 0 Å². The summed E-state index contributed by atoms with van der Waals surface area (Å²) in [6.07, 6.45) is 0. The molecule has 0 unspecified atom stereocenters. The van der Waals surface area contributed by atoms with Gasteiger partial charge in [-0.2, -0.15) is 13.1 Å². The monoisotopic (exact) mass is 257 g/mol. The molecule has 0 radical (unpaired) electrons. The molecule has 1 aromatic carbocycles. The van der Waals surface area contributed by atoms with Gasteiger partial charge in [-0.15, -0.1) is 0 Å². The summed E-state index contributed by atoms with van der Waals surface area (Å²) in [5.41, 5.74) is 6.91. The average molecular weight is 257 g/mol. The second kappa shape index (κ2) is 4.54. The minimum atomic E-state index is -3.59. The van der Waals surface area contributed by atoms with Gasteiger partial charge in [0.25, 0.3) is 10.2 Å². The van der Waals surface area contributed by atoms with E-state index in [0.29, 0.717) is 11.4 Å². The summed E-state index contributed by atoms with van der Waals surface area (Å²) in [6, 6.07) is 5.09. The predicted molar refractivity (Wildman–Crippen MR) is 71.0 cm³/mol. The summed E-state index contributed by atoms with van der Waals surface area (Å²) in [7, 11) is -3.59. The van der Waals surface area contributed by atoms with Crippen LogP contribution in [0.4, 0.5) is 11.4 Å². The third kappa shape index (κ3) is 4.62. The smallest absolute Gasteiger partial charge is 0.299 e. The molecule has 0 spiro atoms. The first-order chi connectivity index (χ1) is 7.59. The van der Waals surface area contributed by atoms with Gasteiger partial charge in [-0.3, -0.25) is 4.72 Å². The van der Waals surface area contributed by atoms with Gasteiger partial charge in [-0.1, -0.05) is 6.07 Å². The van der Waals surface area contributed by atoms with Gasteiger partial charge in [0.2, 0.25) is 0 Å². The van der Waals surface area contributed by atoms with Gasteiger partial charge in [0.1, 0.15) is 0 Å². The molecule has 0 saturated carbocycles. The molecule has 0 aliphatic rings. The fourth-order valence-corrected chi connectivity index (χ4v) is 2.69. The van der Waals surface area contributed by atoms with Crippen molar-refractivity contribution in [2.24, 2.45) is 0 Å². The van der Waals surface area contributed by atoms with Crippen molar-refractivity contribution in [3.05, 3.63) is 23.8 Å². The first-order valence-electron chi connectivity index (χ1n) is 5.27. The van der Waals surface area contributed by atoms with Gasteiger partial charge in [-0.25, -0.2) is 0 Å². The Kier molecular flexibility index (Phi) is 3.68. The van der Waals surface area contributed by atoms with Gasteiger partial charge in [-0.05, 0) is 45.4 Å². The van der Waals surface area contributed by atoms with Crippen LogP contribution >= 0.6 is 0 Å². The molecule has 5 nitrogen and oxygen atoms in total. The zero-order valence-corrected chi connectivity index (χ0v) is 11.4. The maximum absolute atomic E-state index is 11.8. The average Bonchev–Trinajstić information content (AvgIpc) is 2.06. The van der Waals surface area contributed by atoms with Crippen molar-refractivity contribution in [2.45, 2.75) is 33.2 Å². The van der Waals surface area contributed by atoms with Crippen LogP contribution < -0.4 is 15.2 Å². The van der Waals surface area contributed by atoms with Crippen molar-refractivity contribution in [2.75, 3.05) is 10.5 Å². The van der Waals surface area contributed by atoms with Crippen molar-refractivity contribution in [1.82, 2.24) is 4.72 Å². The lowest BCUT2D eigenvalue weighted by atomic mass is 10.1. The largest absolute Gasteiger partial charge is 0.399 e. The van der Waals surface area contributed by atoms with E-state index in [1.165, 1.54) is 0 Å². The summed E-state index contributed by atoms with van der Waals surface area (Å²) in [4.78, 5) is 0. The van der Waals surface area contributed by atoms with E-state index in [9.17, 15) is 8.42 Å². The van der Waals surface area contributed by atoms with E-state index in [1.54, 1.807) is 39.0 Å². The first kappa shape index (κ1) is 13.8. The van der Waals surface area contributed by atoms with Gasteiger partial charge in [0, 0.05) is 11.2 Å². The van der Waals surface area contributed by atoms with Crippen molar-refractivity contribution < 1.29 is 8.42 Å². The number of nitrogen functional groups attached to an aromatic ring is 1. The Balaban J connectivity index is 2.94. The summed E-state index contributed by atoms with van der Waals surface area (Å²) < 4.78 is 28.6. The van der Waals surface area contributed by atoms with Crippen LogP contribution in [-0.4, -0.2) is 14.0 Å². The Bertz CT molecular complexity index is 504. The summed E-state index contributed by atoms with van der Waals surface area (Å²) in [6.45, 7) is 7.14. The Morgan fingerprint density at radius 3 is 2.35 bits per heavy atom. The highest BCUT2D eigenvalue weighted by Crippen LogP contribution is 2.19. The predicted octanol–water partition coefficient (Wildman–Crippen LogP) is 1.62. The van der Waals surface area contributed by atoms with Crippen molar-refractivity contribution in [3.8, 4) is 0 Å². The molecule has 0 saturated heterocycles. The number of hydrogen-bond donors (Lipinski definition) is 3. The van der Waals surface area contributed by atoms with Crippen LogP contribution in [-0.2, 0) is 10.2 Å². The molecule has 1 rings (SSSR count). The van der Waals surface area contributed by atoms with Gasteiger partial charge < -0.3 is 5.73 Å². The molecule has 0 aromatic heterocycles. The highest BCUT2D eigenvalue weighted by molar-refractivity contribution is 7.90. The van der Waals surface area contributed by atoms with E-state index in [2.05, 4.69) is 9.44 Å². The molecule has 96 valence electrons. The standard InChI is InChI=1S/C11H19N3O2S/c1-8-5-6-9(12)7-10(8)13-17(15,16)14-11(2,3)4/h5-7,13-14H,12H2,1-4H3. The Morgan fingerprint density at radius 2 is 1.82 bits per heavy atom. The number of nitrogens with one attached hydrogen (secondary N) is 2. The third-order valence-electron chi connectivity index (χ3n) is 1.95. The van der Waals surface area contributed by atoms with Gasteiger partial charge >= 0.3 is 0 Å². The maximum atomic E-state index is 11.8. The van der Waals surface area contributed by atoms with Crippen LogP contribution in [0.25, 0.3) is 0 Å². The molecule has 0 heterocycles. The second-order valence-corrected chi connectivity index (χ2v) is 6.45. The van der Waals surface area contributed by atoms with Crippen LogP contribution in [0.2, 0.25) is 0 Å². The number of nitrogens with two attached hydrogens (primary N) is 1. The highest BCUT2D eigenvalue weighted by atomic mass is 32.2. The number of benzene rings is 1. The number of rotatable bonds is 3. The van der Waals surface area contributed by atoms with E-state index in [-0.39, 0.29) is 0 Å². The van der Waals surface area contributed by atoms with E-state index in [4.69, 9.17) is 5.73 Å². The Labute approximate surface area is 103 Å². The molecule has 1 aromatic rings. The van der Waals surface area contributed by atoms with E-state index >= 15 is 0 Å². The molecule has 0 amide bonds. The molecule has 0 atom stereocenters. The Morgan fingerprint density at radius 1 is 1.24 bits per heavy atom. The zero-order chi connectivity index (χ0) is 13.3. The topological polar surface area (TPSA) is 84.2 Å². The van der Waals surface area contributed by atoms with Gasteiger partial charge in [0.15, 0.2) is 0 Å². The molecule has 0 aliphatic carbocycles. The van der Waals surface area contributed by atoms with Crippen LogP contribution in [0.1, 0.15) is 26.3 Å². The zero-order valence-electron chi connectivity index (χ0n) is 10.5. The normalized spacial score (nSPS) is 12.5. The molecule has 0 aliphatic heterocycles. The van der Waals surface area contributed by atoms with Crippen LogP contribution in [0.5, 0.6) is 0 Å². The van der Waals surface area contributed by atoms with Crippen molar-refractivity contribution >= 4 is 21.6 Å². The molecular formula is C11H19N3O2S. The minimum absolute atomic E-state index is 0.488. The van der Waals surface area contributed by atoms with Crippen LogP contribution in [0.3, 0.4) is 0 Å². The Hall–Kier alpha value is -1.27. The lowest BCUT2D eigenvalue weighted by Crippen LogP contribution is -2.43. The minimum Gasteiger partial charge on any atom is -0.399 e. The lowest BCUT2D eigenvalue weighted by molar-refractivity contribution is 0.494. The van der Waals surface area contributed by atoms with Crippen LogP contribution in [0, 0.1) is 6.92 Å². The third-order valence-corrected chi connectivity index (χ3v) is 3.32. The summed E-state index contributed by atoms with van der Waals surface area (Å²) in [5, 5.41) is 0. The fraction of sp³-hybridized carbons (Fsp3) is 0.455. The van der Waals surface area contributed by atoms with Crippen molar-refractivity contribution in [1.29, 1.82) is 0 Å². The quantitative estimate of drug-likeness (QED) is 0.719. The molecule has 0 fully saturated rings. The molecule has 4 N–H and O–H groups in total. The second-order valence-electron chi connectivity index (χ2n) is 5.03. The SMILES string of the molecule is Cc1ccc(N)cc1NS(=O)(=O)NC(C)(C)C. The molecule has 6 heteroatoms. The van der Waals surface area contributed by atoms with E-state index < -0.39 is 15.7 Å². The number of hydrogen-bond acceptors (Lipinski definition) is 3. The van der Waals surface area contributed by atoms with E-state index in [1.807, 2.05) is 6.92 Å². The highest BCUT2D eigenvalue weighted by Gasteiger charge is 2.20. The van der Waals surface area contributed by atoms with E-state index in [0.717, 1.165) is 5.56 Å². The molecule has 0 bridgehead atoms. The summed E-state index contributed by atoms with van der Waals surface area (Å²) >= 11 is 0. The number of aryl methyl sites for hydroxylation is 1. The maximum Gasteiger partial charge on any atom is 0.299 e. The van der Waals surface area contributed by atoms with Gasteiger partial charge in [0.05, 0.1) is 5.69 Å². The summed E-state index contributed by atoms with van der Waals surface area (Å²) in [5.74, 6) is 0. The van der Waals surface area contributed by atoms with Crippen LogP contribution in [0.15, 0.2) is 18.2 Å². The molecule has 17 heavy (non-hydrogen) atoms. The number of anilines is 2. The lowest BCUT2D eigenvalue weighted by Gasteiger charge is -2.21.